The van der Waals surface area contributed by atoms with E-state index in [0.29, 0.717) is 17.8 Å². The molecule has 8 heteroatoms. The van der Waals surface area contributed by atoms with Crippen LogP contribution in [0.3, 0.4) is 0 Å². The van der Waals surface area contributed by atoms with Gasteiger partial charge in [0.1, 0.15) is 11.2 Å². The lowest BCUT2D eigenvalue weighted by atomic mass is 10.0. The van der Waals surface area contributed by atoms with E-state index >= 15 is 0 Å². The van der Waals surface area contributed by atoms with E-state index in [1.54, 1.807) is 5.51 Å². The van der Waals surface area contributed by atoms with Gasteiger partial charge in [-0.2, -0.15) is 0 Å². The molecule has 6 nitrogen and oxygen atoms in total. The third-order valence-corrected chi connectivity index (χ3v) is 5.55. The maximum absolute atomic E-state index is 12.4. The minimum Gasteiger partial charge on any atom is -0.387 e. The first-order valence-electron chi connectivity index (χ1n) is 7.91. The quantitative estimate of drug-likeness (QED) is 0.717. The summed E-state index contributed by atoms with van der Waals surface area (Å²) in [5.41, 5.74) is 3.81. The van der Waals surface area contributed by atoms with E-state index in [0.717, 1.165) is 14.8 Å². The van der Waals surface area contributed by atoms with Crippen LogP contribution in [0.15, 0.2) is 74.5 Å². The molecule has 1 N–H and O–H groups in total. The van der Waals surface area contributed by atoms with Crippen LogP contribution in [-0.2, 0) is 9.63 Å². The molecule has 2 heterocycles. The zero-order chi connectivity index (χ0) is 17.8. The molecule has 2 aromatic carbocycles. The highest BCUT2D eigenvalue weighted by atomic mass is 32.2. The number of anilines is 1. The van der Waals surface area contributed by atoms with Gasteiger partial charge in [-0.25, -0.2) is 0 Å². The van der Waals surface area contributed by atoms with Crippen molar-refractivity contribution in [1.82, 2.24) is 10.2 Å². The van der Waals surface area contributed by atoms with E-state index in [1.807, 2.05) is 54.6 Å². The molecule has 4 rings (SSSR count). The Hall–Kier alpha value is -2.71. The van der Waals surface area contributed by atoms with Gasteiger partial charge < -0.3 is 10.2 Å². The van der Waals surface area contributed by atoms with Gasteiger partial charge in [0.15, 0.2) is 10.4 Å². The first-order valence-corrected chi connectivity index (χ1v) is 9.60. The van der Waals surface area contributed by atoms with Gasteiger partial charge in [0.25, 0.3) is 5.91 Å². The summed E-state index contributed by atoms with van der Waals surface area (Å²) in [6.07, 6.45) is 0.253. The Bertz CT molecular complexity index is 912. The number of carbonyl (C=O) groups is 1. The number of nitrogens with one attached hydrogen (secondary N) is 1. The summed E-state index contributed by atoms with van der Waals surface area (Å²) in [6.45, 7) is 0. The molecular weight excluding hydrogens is 368 g/mol. The smallest absolute Gasteiger partial charge is 0.273 e. The Morgan fingerprint density at radius 1 is 1.15 bits per heavy atom. The first kappa shape index (κ1) is 16.7. The predicted molar refractivity (Wildman–Crippen MR) is 101 cm³/mol. The second kappa shape index (κ2) is 7.67. The number of amides is 1. The summed E-state index contributed by atoms with van der Waals surface area (Å²) in [7, 11) is 0. The summed E-state index contributed by atoms with van der Waals surface area (Å²) in [5.74, 6) is -0.243. The molecular formula is C18H14N4O2S2. The van der Waals surface area contributed by atoms with Gasteiger partial charge in [-0.15, -0.1) is 10.2 Å². The second-order valence-corrected chi connectivity index (χ2v) is 7.69. The van der Waals surface area contributed by atoms with E-state index in [2.05, 4.69) is 20.7 Å². The zero-order valence-corrected chi connectivity index (χ0v) is 15.2. The molecule has 0 bridgehead atoms. The van der Waals surface area contributed by atoms with Crippen molar-refractivity contribution in [1.29, 1.82) is 0 Å². The van der Waals surface area contributed by atoms with Crippen LogP contribution in [0.5, 0.6) is 0 Å². The zero-order valence-electron chi connectivity index (χ0n) is 13.5. The molecule has 0 spiro atoms. The average Bonchev–Trinajstić information content (AvgIpc) is 3.36. The predicted octanol–water partition coefficient (Wildman–Crippen LogP) is 4.15. The van der Waals surface area contributed by atoms with Gasteiger partial charge in [0.2, 0.25) is 0 Å². The van der Waals surface area contributed by atoms with Gasteiger partial charge in [-0.1, -0.05) is 58.6 Å². The van der Waals surface area contributed by atoms with Crippen LogP contribution in [0.2, 0.25) is 0 Å². The van der Waals surface area contributed by atoms with E-state index in [9.17, 15) is 4.79 Å². The lowest BCUT2D eigenvalue weighted by molar-refractivity contribution is -0.110. The summed E-state index contributed by atoms with van der Waals surface area (Å²) < 4.78 is 0.881. The summed E-state index contributed by atoms with van der Waals surface area (Å²) in [4.78, 5) is 18.8. The number of benzene rings is 2. The van der Waals surface area contributed by atoms with Gasteiger partial charge in [0, 0.05) is 17.0 Å². The van der Waals surface area contributed by atoms with Gasteiger partial charge >= 0.3 is 0 Å². The van der Waals surface area contributed by atoms with Crippen molar-refractivity contribution >= 4 is 40.4 Å². The molecule has 0 radical (unpaired) electrons. The largest absolute Gasteiger partial charge is 0.387 e. The second-order valence-electron chi connectivity index (χ2n) is 5.53. The van der Waals surface area contributed by atoms with E-state index < -0.39 is 0 Å². The van der Waals surface area contributed by atoms with Crippen molar-refractivity contribution in [3.8, 4) is 0 Å². The lowest BCUT2D eigenvalue weighted by Gasteiger charge is -2.07. The average molecular weight is 382 g/mol. The highest BCUT2D eigenvalue weighted by molar-refractivity contribution is 8.01. The number of hydrogen-bond donors (Lipinski definition) is 1. The molecule has 1 amide bonds. The first-order chi connectivity index (χ1) is 12.8. The molecule has 26 heavy (non-hydrogen) atoms. The summed E-state index contributed by atoms with van der Waals surface area (Å²) in [5, 5.41) is 14.6. The normalized spacial score (nSPS) is 16.0. The van der Waals surface area contributed by atoms with Gasteiger partial charge in [-0.3, -0.25) is 4.79 Å². The number of carbonyl (C=O) groups excluding carboxylic acids is 1. The van der Waals surface area contributed by atoms with Crippen molar-refractivity contribution in [2.45, 2.75) is 21.8 Å². The maximum Gasteiger partial charge on any atom is 0.273 e. The number of rotatable bonds is 5. The third kappa shape index (κ3) is 3.92. The lowest BCUT2D eigenvalue weighted by Crippen LogP contribution is -2.21. The Labute approximate surface area is 158 Å². The van der Waals surface area contributed by atoms with E-state index in [-0.39, 0.29) is 12.0 Å². The molecule has 1 atom stereocenters. The fourth-order valence-electron chi connectivity index (χ4n) is 2.48. The number of aromatic nitrogens is 2. The van der Waals surface area contributed by atoms with Crippen LogP contribution in [-0.4, -0.2) is 21.8 Å². The number of oxime groups is 1. The van der Waals surface area contributed by atoms with Crippen LogP contribution >= 0.6 is 23.1 Å². The molecule has 130 valence electrons. The van der Waals surface area contributed by atoms with E-state index in [4.69, 9.17) is 4.84 Å². The third-order valence-electron chi connectivity index (χ3n) is 3.76. The van der Waals surface area contributed by atoms with Crippen LogP contribution in [0.25, 0.3) is 0 Å². The maximum atomic E-state index is 12.4. The molecule has 1 aliphatic rings. The SMILES string of the molecule is O=C(Nc1ccc(Sc2nncs2)cc1)C1=NO[C@H](c2ccccc2)C1. The van der Waals surface area contributed by atoms with Crippen LogP contribution in [0.1, 0.15) is 18.1 Å². The molecule has 0 fully saturated rings. The number of hydrogen-bond acceptors (Lipinski definition) is 7. The van der Waals surface area contributed by atoms with Gasteiger partial charge in [-0.05, 0) is 29.8 Å². The Morgan fingerprint density at radius 2 is 1.96 bits per heavy atom. The fraction of sp³-hybridized carbons (Fsp3) is 0.111. The van der Waals surface area contributed by atoms with Crippen LogP contribution in [0.4, 0.5) is 5.69 Å². The highest BCUT2D eigenvalue weighted by Crippen LogP contribution is 2.30. The molecule has 1 aliphatic heterocycles. The fourth-order valence-corrected chi connectivity index (χ4v) is 3.93. The molecule has 1 aromatic heterocycles. The van der Waals surface area contributed by atoms with Gasteiger partial charge in [0.05, 0.1) is 0 Å². The van der Waals surface area contributed by atoms with Crippen LogP contribution in [0, 0.1) is 0 Å². The molecule has 0 aliphatic carbocycles. The monoisotopic (exact) mass is 382 g/mol. The Balaban J connectivity index is 1.35. The minimum absolute atomic E-state index is 0.206. The Kier molecular flexibility index (Phi) is 4.94. The van der Waals surface area contributed by atoms with Crippen molar-refractivity contribution in [3.05, 3.63) is 65.7 Å². The van der Waals surface area contributed by atoms with Crippen molar-refractivity contribution in [3.63, 3.8) is 0 Å². The molecule has 3 aromatic rings. The standard InChI is InChI=1S/C18H14N4O2S2/c23-17(15-10-16(24-22-15)12-4-2-1-3-5-12)20-13-6-8-14(9-7-13)26-18-21-19-11-25-18/h1-9,11,16H,10H2,(H,20,23)/t16-/m0/s1. The Morgan fingerprint density at radius 3 is 2.69 bits per heavy atom. The topological polar surface area (TPSA) is 76.5 Å². The summed E-state index contributed by atoms with van der Waals surface area (Å²) >= 11 is 3.02. The van der Waals surface area contributed by atoms with Crippen molar-refractivity contribution < 1.29 is 9.63 Å². The van der Waals surface area contributed by atoms with Crippen molar-refractivity contribution in [2.24, 2.45) is 5.16 Å². The van der Waals surface area contributed by atoms with Crippen LogP contribution < -0.4 is 5.32 Å². The summed E-state index contributed by atoms with van der Waals surface area (Å²) in [6, 6.07) is 17.3. The van der Waals surface area contributed by atoms with E-state index in [1.165, 1.54) is 23.1 Å². The number of nitrogens with zero attached hydrogens (tertiary/aromatic N) is 3. The van der Waals surface area contributed by atoms with Crippen molar-refractivity contribution in [2.75, 3.05) is 5.32 Å². The molecule has 0 saturated heterocycles. The molecule has 0 unspecified atom stereocenters. The molecule has 0 saturated carbocycles. The highest BCUT2D eigenvalue weighted by Gasteiger charge is 2.27. The minimum atomic E-state index is -0.243.